The van der Waals surface area contributed by atoms with Crippen LogP contribution < -0.4 is 5.32 Å². The van der Waals surface area contributed by atoms with Crippen LogP contribution >= 0.6 is 11.6 Å². The molecule has 1 amide bonds. The van der Waals surface area contributed by atoms with Crippen molar-refractivity contribution in [3.63, 3.8) is 0 Å². The molecule has 0 spiro atoms. The van der Waals surface area contributed by atoms with E-state index >= 15 is 0 Å². The third kappa shape index (κ3) is 4.82. The van der Waals surface area contributed by atoms with Crippen molar-refractivity contribution in [2.45, 2.75) is 32.4 Å². The molecule has 0 aliphatic carbocycles. The number of para-hydroxylation sites is 1. The maximum Gasteiger partial charge on any atom is 0.417 e. The minimum atomic E-state index is -4.72. The molecule has 0 aliphatic rings. The molecule has 0 unspecified atom stereocenters. The largest absolute Gasteiger partial charge is 0.417 e. The van der Waals surface area contributed by atoms with Crippen molar-refractivity contribution < 1.29 is 18.0 Å². The second-order valence-corrected chi connectivity index (χ2v) is 8.31. The number of nitrogens with one attached hydrogen (secondary N) is 1. The van der Waals surface area contributed by atoms with Crippen LogP contribution in [0.1, 0.15) is 42.3 Å². The van der Waals surface area contributed by atoms with Crippen LogP contribution in [0.5, 0.6) is 0 Å². The summed E-state index contributed by atoms with van der Waals surface area (Å²) in [6, 6.07) is 14.2. The number of pyridine rings is 1. The maximum absolute atomic E-state index is 13.7. The van der Waals surface area contributed by atoms with Gasteiger partial charge in [-0.1, -0.05) is 62.7 Å². The first kappa shape index (κ1) is 21.8. The Hall–Kier alpha value is -2.86. The molecular formula is C23H20ClF3N2O. The van der Waals surface area contributed by atoms with Gasteiger partial charge in [0.1, 0.15) is 0 Å². The van der Waals surface area contributed by atoms with Crippen molar-refractivity contribution >= 4 is 23.2 Å². The van der Waals surface area contributed by atoms with E-state index < -0.39 is 23.2 Å². The topological polar surface area (TPSA) is 42.0 Å². The van der Waals surface area contributed by atoms with Crippen LogP contribution in [0.3, 0.4) is 0 Å². The average Bonchev–Trinajstić information content (AvgIpc) is 2.67. The molecule has 0 aliphatic heterocycles. The first-order chi connectivity index (χ1) is 14.0. The van der Waals surface area contributed by atoms with Crippen molar-refractivity contribution in [1.29, 1.82) is 0 Å². The van der Waals surface area contributed by atoms with E-state index in [0.717, 1.165) is 17.8 Å². The Bertz CT molecular complexity index is 1070. The number of anilines is 1. The first-order valence-electron chi connectivity index (χ1n) is 9.21. The van der Waals surface area contributed by atoms with E-state index in [9.17, 15) is 18.0 Å². The second-order valence-electron chi connectivity index (χ2n) is 7.87. The number of alkyl halides is 3. The van der Waals surface area contributed by atoms with Gasteiger partial charge in [0.2, 0.25) is 0 Å². The van der Waals surface area contributed by atoms with Crippen molar-refractivity contribution in [2.75, 3.05) is 5.32 Å². The molecule has 0 bridgehead atoms. The first-order valence-corrected chi connectivity index (χ1v) is 9.58. The molecule has 1 N–H and O–H groups in total. The zero-order chi connectivity index (χ0) is 22.1. The van der Waals surface area contributed by atoms with E-state index in [1.807, 2.05) is 32.9 Å². The molecule has 3 aromatic rings. The predicted molar refractivity (Wildman–Crippen MR) is 113 cm³/mol. The van der Waals surface area contributed by atoms with E-state index in [0.29, 0.717) is 16.3 Å². The van der Waals surface area contributed by atoms with Gasteiger partial charge >= 0.3 is 6.18 Å². The van der Waals surface area contributed by atoms with Gasteiger partial charge in [-0.2, -0.15) is 13.2 Å². The van der Waals surface area contributed by atoms with Crippen LogP contribution in [0.2, 0.25) is 5.02 Å². The zero-order valence-electron chi connectivity index (χ0n) is 16.6. The van der Waals surface area contributed by atoms with Gasteiger partial charge in [-0.3, -0.25) is 9.78 Å². The molecule has 0 saturated heterocycles. The molecule has 2 aromatic carbocycles. The SMILES string of the molecule is CC(C)(C)c1ccccc1NC(=O)c1cnc(-c2ccc(Cl)cc2)cc1C(F)(F)F. The third-order valence-corrected chi connectivity index (χ3v) is 4.83. The summed E-state index contributed by atoms with van der Waals surface area (Å²) in [5.41, 5.74) is -0.0341. The molecule has 3 nitrogen and oxygen atoms in total. The minimum Gasteiger partial charge on any atom is -0.322 e. The number of carbonyl (C=O) groups is 1. The zero-order valence-corrected chi connectivity index (χ0v) is 17.4. The number of amides is 1. The number of hydrogen-bond acceptors (Lipinski definition) is 2. The Kier molecular flexibility index (Phi) is 5.90. The average molecular weight is 433 g/mol. The molecule has 0 atom stereocenters. The Balaban J connectivity index is 2.02. The summed E-state index contributed by atoms with van der Waals surface area (Å²) in [4.78, 5) is 16.9. The van der Waals surface area contributed by atoms with E-state index in [1.165, 1.54) is 0 Å². The summed E-state index contributed by atoms with van der Waals surface area (Å²) in [7, 11) is 0. The number of benzene rings is 2. The van der Waals surface area contributed by atoms with E-state index in [4.69, 9.17) is 11.6 Å². The lowest BCUT2D eigenvalue weighted by Crippen LogP contribution is -2.22. The summed E-state index contributed by atoms with van der Waals surface area (Å²) in [5.74, 6) is -0.866. The lowest BCUT2D eigenvalue weighted by molar-refractivity contribution is -0.137. The van der Waals surface area contributed by atoms with E-state index in [2.05, 4.69) is 10.3 Å². The van der Waals surface area contributed by atoms with Gasteiger partial charge in [-0.05, 0) is 35.2 Å². The minimum absolute atomic E-state index is 0.102. The van der Waals surface area contributed by atoms with Gasteiger partial charge < -0.3 is 5.32 Å². The Morgan fingerprint density at radius 3 is 2.20 bits per heavy atom. The molecule has 3 rings (SSSR count). The lowest BCUT2D eigenvalue weighted by Gasteiger charge is -2.23. The molecule has 30 heavy (non-hydrogen) atoms. The summed E-state index contributed by atoms with van der Waals surface area (Å²) in [6.07, 6.45) is -3.76. The van der Waals surface area contributed by atoms with Crippen LogP contribution in [-0.2, 0) is 11.6 Å². The van der Waals surface area contributed by atoms with Crippen LogP contribution in [0.25, 0.3) is 11.3 Å². The third-order valence-electron chi connectivity index (χ3n) is 4.58. The lowest BCUT2D eigenvalue weighted by atomic mass is 9.86. The molecule has 1 aromatic heterocycles. The standard InChI is InChI=1S/C23H20ClF3N2O/c1-22(2,3)17-6-4-5-7-19(17)29-21(30)16-13-28-20(12-18(16)23(25,26)27)14-8-10-15(24)11-9-14/h4-13H,1-3H3,(H,29,30). The van der Waals surface area contributed by atoms with Gasteiger partial charge in [0.25, 0.3) is 5.91 Å². The van der Waals surface area contributed by atoms with Gasteiger partial charge in [-0.15, -0.1) is 0 Å². The Morgan fingerprint density at radius 2 is 1.60 bits per heavy atom. The number of rotatable bonds is 3. The summed E-state index contributed by atoms with van der Waals surface area (Å²) < 4.78 is 41.2. The maximum atomic E-state index is 13.7. The summed E-state index contributed by atoms with van der Waals surface area (Å²) in [6.45, 7) is 5.88. The van der Waals surface area contributed by atoms with Crippen molar-refractivity contribution in [3.05, 3.63) is 82.5 Å². The van der Waals surface area contributed by atoms with Crippen molar-refractivity contribution in [2.24, 2.45) is 0 Å². The fraction of sp³-hybridized carbons (Fsp3) is 0.217. The second kappa shape index (κ2) is 8.11. The summed E-state index contributed by atoms with van der Waals surface area (Å²) in [5, 5.41) is 3.08. The smallest absolute Gasteiger partial charge is 0.322 e. The van der Waals surface area contributed by atoms with Gasteiger partial charge in [0, 0.05) is 22.5 Å². The van der Waals surface area contributed by atoms with E-state index in [1.54, 1.807) is 36.4 Å². The number of halogens is 4. The molecule has 156 valence electrons. The van der Waals surface area contributed by atoms with Crippen LogP contribution in [0, 0.1) is 0 Å². The molecule has 0 radical (unpaired) electrons. The Morgan fingerprint density at radius 1 is 0.967 bits per heavy atom. The highest BCUT2D eigenvalue weighted by molar-refractivity contribution is 6.30. The van der Waals surface area contributed by atoms with Gasteiger partial charge in [0.05, 0.1) is 16.8 Å². The fourth-order valence-electron chi connectivity index (χ4n) is 3.09. The van der Waals surface area contributed by atoms with Crippen molar-refractivity contribution in [1.82, 2.24) is 4.98 Å². The quantitative estimate of drug-likeness (QED) is 0.485. The molecule has 0 fully saturated rings. The highest BCUT2D eigenvalue weighted by Gasteiger charge is 2.36. The molecule has 0 saturated carbocycles. The van der Waals surface area contributed by atoms with Gasteiger partial charge in [-0.25, -0.2) is 0 Å². The number of hydrogen-bond donors (Lipinski definition) is 1. The molecule has 7 heteroatoms. The van der Waals surface area contributed by atoms with Gasteiger partial charge in [0.15, 0.2) is 0 Å². The van der Waals surface area contributed by atoms with Crippen LogP contribution in [0.15, 0.2) is 60.8 Å². The Labute approximate surface area is 177 Å². The predicted octanol–water partition coefficient (Wildman–Crippen LogP) is 6.97. The van der Waals surface area contributed by atoms with Crippen molar-refractivity contribution in [3.8, 4) is 11.3 Å². The van der Waals surface area contributed by atoms with E-state index in [-0.39, 0.29) is 11.1 Å². The fourth-order valence-corrected chi connectivity index (χ4v) is 3.21. The highest BCUT2D eigenvalue weighted by Crippen LogP contribution is 2.35. The number of carbonyl (C=O) groups excluding carboxylic acids is 1. The normalized spacial score (nSPS) is 12.0. The highest BCUT2D eigenvalue weighted by atomic mass is 35.5. The molecular weight excluding hydrogens is 413 g/mol. The molecule has 1 heterocycles. The number of aromatic nitrogens is 1. The summed E-state index contributed by atoms with van der Waals surface area (Å²) >= 11 is 5.84. The number of nitrogens with zero attached hydrogens (tertiary/aromatic N) is 1. The van der Waals surface area contributed by atoms with Crippen LogP contribution in [-0.4, -0.2) is 10.9 Å². The monoisotopic (exact) mass is 432 g/mol. The van der Waals surface area contributed by atoms with Crippen LogP contribution in [0.4, 0.5) is 18.9 Å².